The summed E-state index contributed by atoms with van der Waals surface area (Å²) >= 11 is -0.830. The minimum Gasteiger partial charge on any atom is -1.00 e. The molecule has 0 N–H and O–H groups in total. The van der Waals surface area contributed by atoms with Crippen molar-refractivity contribution in [1.29, 1.82) is 0 Å². The fraction of sp³-hybridized carbons (Fsp3) is 0.394. The molecular weight excluding hydrogens is 558 g/mol. The van der Waals surface area contributed by atoms with Crippen LogP contribution < -0.4 is 24.8 Å². The molecule has 0 amide bonds. The van der Waals surface area contributed by atoms with Gasteiger partial charge in [-0.1, -0.05) is 0 Å². The SMILES string of the molecule is CC1=CC(C)[C]([Zr+2][C]2=C(C)c3cc4c(cc3C2(C)C)Cc2cc3c(cc2-4)C(C)=CC3(C)C)=C1C.[Cl-].[Cl-]. The van der Waals surface area contributed by atoms with E-state index in [2.05, 4.69) is 98.7 Å². The van der Waals surface area contributed by atoms with Gasteiger partial charge in [0.25, 0.3) is 0 Å². The third-order valence-electron chi connectivity index (χ3n) is 9.14. The summed E-state index contributed by atoms with van der Waals surface area (Å²) in [6, 6.07) is 10.2. The summed E-state index contributed by atoms with van der Waals surface area (Å²) in [7, 11) is 0. The third kappa shape index (κ3) is 3.79. The fourth-order valence-electron chi connectivity index (χ4n) is 7.14. The largest absolute Gasteiger partial charge is 1.00 e. The smallest absolute Gasteiger partial charge is 1.00 e. The van der Waals surface area contributed by atoms with Gasteiger partial charge in [0.05, 0.1) is 0 Å². The Kier molecular flexibility index (Phi) is 6.95. The molecule has 0 spiro atoms. The zero-order valence-electron chi connectivity index (χ0n) is 23.0. The van der Waals surface area contributed by atoms with E-state index in [0.717, 1.165) is 6.42 Å². The Hall–Kier alpha value is -1.14. The van der Waals surface area contributed by atoms with Crippen molar-refractivity contribution in [3.05, 3.63) is 87.5 Å². The van der Waals surface area contributed by atoms with Gasteiger partial charge in [0.15, 0.2) is 0 Å². The normalized spacial score (nSPS) is 21.6. The van der Waals surface area contributed by atoms with E-state index in [9.17, 15) is 0 Å². The molecule has 2 aromatic rings. The maximum absolute atomic E-state index is 2.59. The van der Waals surface area contributed by atoms with Crippen molar-refractivity contribution in [3.8, 4) is 11.1 Å². The molecule has 6 rings (SSSR count). The number of halogens is 2. The first-order valence-electron chi connectivity index (χ1n) is 12.8. The van der Waals surface area contributed by atoms with Crippen LogP contribution >= 0.6 is 0 Å². The van der Waals surface area contributed by atoms with E-state index in [0.29, 0.717) is 5.92 Å². The number of fused-ring (bicyclic) bond motifs is 5. The molecule has 4 aliphatic carbocycles. The van der Waals surface area contributed by atoms with Crippen molar-refractivity contribution in [2.24, 2.45) is 5.92 Å². The summed E-state index contributed by atoms with van der Waals surface area (Å²) < 4.78 is 3.57. The fourth-order valence-corrected chi connectivity index (χ4v) is 11.4. The van der Waals surface area contributed by atoms with Gasteiger partial charge in [-0.25, -0.2) is 0 Å². The topological polar surface area (TPSA) is 0 Å². The molecule has 0 radical (unpaired) electrons. The molecule has 186 valence electrons. The Balaban J connectivity index is 0.00000152. The first-order valence-corrected chi connectivity index (χ1v) is 15.3. The number of allylic oxidation sites excluding steroid dienone is 8. The van der Waals surface area contributed by atoms with Crippen LogP contribution in [0.15, 0.2) is 54.1 Å². The molecule has 0 aromatic heterocycles. The minimum absolute atomic E-state index is 0. The Morgan fingerprint density at radius 1 is 0.722 bits per heavy atom. The molecule has 0 saturated heterocycles. The number of hydrogen-bond acceptors (Lipinski definition) is 0. The van der Waals surface area contributed by atoms with Gasteiger partial charge in [-0.05, 0) is 0 Å². The molecule has 1 atom stereocenters. The Bertz CT molecular complexity index is 1440. The van der Waals surface area contributed by atoms with Gasteiger partial charge in [0.2, 0.25) is 0 Å². The second kappa shape index (κ2) is 8.97. The zero-order chi connectivity index (χ0) is 24.3. The van der Waals surface area contributed by atoms with Crippen molar-refractivity contribution < 1.29 is 48.0 Å². The average Bonchev–Trinajstić information content (AvgIpc) is 3.37. The van der Waals surface area contributed by atoms with Gasteiger partial charge in [-0.2, -0.15) is 0 Å². The summed E-state index contributed by atoms with van der Waals surface area (Å²) in [4.78, 5) is 0. The van der Waals surface area contributed by atoms with Gasteiger partial charge in [-0.3, -0.25) is 0 Å². The molecule has 0 saturated carbocycles. The summed E-state index contributed by atoms with van der Waals surface area (Å²) in [5.41, 5.74) is 18.5. The van der Waals surface area contributed by atoms with Crippen LogP contribution in [0.25, 0.3) is 22.3 Å². The summed E-state index contributed by atoms with van der Waals surface area (Å²) in [5.74, 6) is 0.630. The molecule has 1 unspecified atom stereocenters. The van der Waals surface area contributed by atoms with Crippen molar-refractivity contribution in [2.75, 3.05) is 0 Å². The number of rotatable bonds is 2. The van der Waals surface area contributed by atoms with E-state index in [1.807, 2.05) is 0 Å². The Morgan fingerprint density at radius 2 is 1.31 bits per heavy atom. The number of hydrogen-bond donors (Lipinski definition) is 0. The Labute approximate surface area is 241 Å². The molecule has 0 heterocycles. The van der Waals surface area contributed by atoms with Gasteiger partial charge in [0, 0.05) is 0 Å². The molecular formula is C33H36Cl2Zr. The van der Waals surface area contributed by atoms with Crippen LogP contribution in [0.4, 0.5) is 0 Å². The second-order valence-corrected chi connectivity index (χ2v) is 15.4. The van der Waals surface area contributed by atoms with Crippen LogP contribution in [0.3, 0.4) is 0 Å². The zero-order valence-corrected chi connectivity index (χ0v) is 27.0. The summed E-state index contributed by atoms with van der Waals surface area (Å²) in [6.07, 6.45) is 6.01. The van der Waals surface area contributed by atoms with E-state index in [-0.39, 0.29) is 35.6 Å². The van der Waals surface area contributed by atoms with E-state index in [1.165, 1.54) is 50.1 Å². The van der Waals surface area contributed by atoms with E-state index >= 15 is 0 Å². The van der Waals surface area contributed by atoms with Crippen molar-refractivity contribution in [3.63, 3.8) is 0 Å². The maximum atomic E-state index is 2.59. The van der Waals surface area contributed by atoms with Gasteiger partial charge < -0.3 is 24.8 Å². The molecule has 0 nitrogen and oxygen atoms in total. The van der Waals surface area contributed by atoms with E-state index in [4.69, 9.17) is 0 Å². The van der Waals surface area contributed by atoms with Gasteiger partial charge >= 0.3 is 218 Å². The first kappa shape index (κ1) is 27.9. The second-order valence-electron chi connectivity index (χ2n) is 12.3. The van der Waals surface area contributed by atoms with Crippen molar-refractivity contribution in [2.45, 2.75) is 79.6 Å². The average molecular weight is 595 g/mol. The summed E-state index contributed by atoms with van der Waals surface area (Å²) in [5, 5.41) is 0. The number of benzene rings is 2. The quantitative estimate of drug-likeness (QED) is 0.428. The Morgan fingerprint density at radius 3 is 1.89 bits per heavy atom. The predicted molar refractivity (Wildman–Crippen MR) is 143 cm³/mol. The van der Waals surface area contributed by atoms with Crippen LogP contribution in [0.1, 0.15) is 95.7 Å². The van der Waals surface area contributed by atoms with E-state index in [1.54, 1.807) is 23.3 Å². The molecule has 4 aliphatic rings. The van der Waals surface area contributed by atoms with Crippen LogP contribution in [-0.2, 0) is 40.5 Å². The predicted octanol–water partition coefficient (Wildman–Crippen LogP) is 2.94. The van der Waals surface area contributed by atoms with Gasteiger partial charge in [-0.15, -0.1) is 0 Å². The molecule has 3 heteroatoms. The van der Waals surface area contributed by atoms with Crippen LogP contribution in [0.2, 0.25) is 0 Å². The third-order valence-corrected chi connectivity index (χ3v) is 14.9. The molecule has 2 aromatic carbocycles. The van der Waals surface area contributed by atoms with Gasteiger partial charge in [0.1, 0.15) is 0 Å². The van der Waals surface area contributed by atoms with Crippen LogP contribution in [-0.4, -0.2) is 0 Å². The molecule has 0 bridgehead atoms. The van der Waals surface area contributed by atoms with Crippen molar-refractivity contribution >= 4 is 11.1 Å². The summed E-state index contributed by atoms with van der Waals surface area (Å²) in [6.45, 7) is 21.5. The van der Waals surface area contributed by atoms with Crippen molar-refractivity contribution in [1.82, 2.24) is 0 Å². The van der Waals surface area contributed by atoms with Crippen LogP contribution in [0.5, 0.6) is 0 Å². The standard InChI is InChI=1S/C25H25.C8H11.2ClH.Zr/c1-14-12-24(3,4)22-8-16-7-17-9-23-19(15(2)13-25(23,5)6)11-21(17)20(16)10-18(14)22;1-6-4-7(2)8(3)5-6;;;/h8-12H,7H2,1-6H3;4,6H,1-3H3;2*1H;/q;;;;+2/p-2. The van der Waals surface area contributed by atoms with Crippen LogP contribution in [0, 0.1) is 5.92 Å². The minimum atomic E-state index is -0.830. The molecule has 36 heavy (non-hydrogen) atoms. The molecule has 0 fully saturated rings. The monoisotopic (exact) mass is 592 g/mol. The maximum Gasteiger partial charge on any atom is -1.00 e. The molecule has 0 aliphatic heterocycles. The first-order chi connectivity index (χ1) is 15.9. The van der Waals surface area contributed by atoms with E-state index < -0.39 is 23.2 Å².